The molecule has 126 valence electrons. The van der Waals surface area contributed by atoms with Crippen LogP contribution in [0.15, 0.2) is 60.8 Å². The van der Waals surface area contributed by atoms with Gasteiger partial charge in [-0.15, -0.1) is 0 Å². The number of fused-ring (bicyclic) bond motifs is 1. The van der Waals surface area contributed by atoms with E-state index in [-0.39, 0.29) is 6.42 Å². The molecule has 5 heteroatoms. The molecule has 0 saturated carbocycles. The first-order valence-electron chi connectivity index (χ1n) is 7.98. The van der Waals surface area contributed by atoms with E-state index in [1.165, 1.54) is 0 Å². The second kappa shape index (κ2) is 7.13. The highest BCUT2D eigenvalue weighted by Gasteiger charge is 2.22. The summed E-state index contributed by atoms with van der Waals surface area (Å²) in [5, 5.41) is 13.0. The van der Waals surface area contributed by atoms with Crippen molar-refractivity contribution >= 4 is 22.8 Å². The molecule has 2 aromatic carbocycles. The Morgan fingerprint density at radius 2 is 1.84 bits per heavy atom. The van der Waals surface area contributed by atoms with E-state index in [4.69, 9.17) is 0 Å². The number of carboxylic acid groups (broad SMARTS) is 1. The molecule has 1 heterocycles. The number of aromatic nitrogens is 1. The summed E-state index contributed by atoms with van der Waals surface area (Å²) in [5.41, 5.74) is 2.82. The Balaban J connectivity index is 1.86. The predicted molar refractivity (Wildman–Crippen MR) is 95.5 cm³/mol. The van der Waals surface area contributed by atoms with Gasteiger partial charge >= 0.3 is 5.97 Å². The number of carboxylic acids is 1. The molecule has 2 N–H and O–H groups in total. The fraction of sp³-hybridized carbons (Fsp3) is 0.150. The first-order chi connectivity index (χ1) is 12.1. The molecule has 1 amide bonds. The van der Waals surface area contributed by atoms with Crippen LogP contribution in [0.25, 0.3) is 10.9 Å². The number of carbonyl (C=O) groups is 2. The Bertz CT molecular complexity index is 932. The Hall–Kier alpha value is -3.21. The number of nitrogens with zero attached hydrogens (tertiary/aromatic N) is 1. The number of hydrogen-bond donors (Lipinski definition) is 2. The predicted octanol–water partition coefficient (Wildman–Crippen LogP) is 2.97. The second-order valence-corrected chi connectivity index (χ2v) is 5.88. The third kappa shape index (κ3) is 3.66. The zero-order valence-electron chi connectivity index (χ0n) is 13.8. The van der Waals surface area contributed by atoms with Gasteiger partial charge in [0.2, 0.25) is 0 Å². The number of aryl methyl sites for hydroxylation is 1. The van der Waals surface area contributed by atoms with E-state index < -0.39 is 17.9 Å². The van der Waals surface area contributed by atoms with Crippen LogP contribution in [0, 0.1) is 6.92 Å². The van der Waals surface area contributed by atoms with Gasteiger partial charge < -0.3 is 10.4 Å². The van der Waals surface area contributed by atoms with Crippen LogP contribution >= 0.6 is 0 Å². The van der Waals surface area contributed by atoms with Crippen LogP contribution in [0.1, 0.15) is 21.5 Å². The zero-order valence-corrected chi connectivity index (χ0v) is 13.8. The van der Waals surface area contributed by atoms with E-state index in [0.29, 0.717) is 11.1 Å². The highest BCUT2D eigenvalue weighted by atomic mass is 16.4. The summed E-state index contributed by atoms with van der Waals surface area (Å²) in [4.78, 5) is 28.5. The van der Waals surface area contributed by atoms with Crippen LogP contribution in [-0.2, 0) is 11.2 Å². The van der Waals surface area contributed by atoms with Gasteiger partial charge in [0.15, 0.2) is 0 Å². The number of aliphatic carboxylic acids is 1. The third-order valence-corrected chi connectivity index (χ3v) is 4.17. The molecule has 0 fully saturated rings. The van der Waals surface area contributed by atoms with E-state index in [1.54, 1.807) is 24.4 Å². The molecule has 0 unspecified atom stereocenters. The van der Waals surface area contributed by atoms with Crippen LogP contribution in [0.4, 0.5) is 0 Å². The van der Waals surface area contributed by atoms with E-state index in [2.05, 4.69) is 10.3 Å². The normalized spacial score (nSPS) is 11.9. The molecule has 0 spiro atoms. The number of rotatable bonds is 5. The quantitative estimate of drug-likeness (QED) is 0.752. The summed E-state index contributed by atoms with van der Waals surface area (Å²) in [5.74, 6) is -1.50. The number of nitrogens with one attached hydrogen (secondary N) is 1. The smallest absolute Gasteiger partial charge is 0.326 e. The molecule has 0 aliphatic heterocycles. The molecule has 5 nitrogen and oxygen atoms in total. The number of amides is 1. The second-order valence-electron chi connectivity index (χ2n) is 5.88. The fourth-order valence-corrected chi connectivity index (χ4v) is 2.78. The van der Waals surface area contributed by atoms with Crippen LogP contribution < -0.4 is 5.32 Å². The molecule has 1 aromatic heterocycles. The summed E-state index contributed by atoms with van der Waals surface area (Å²) in [6.45, 7) is 1.92. The van der Waals surface area contributed by atoms with Gasteiger partial charge in [-0.25, -0.2) is 4.79 Å². The van der Waals surface area contributed by atoms with E-state index in [9.17, 15) is 14.7 Å². The van der Waals surface area contributed by atoms with Gasteiger partial charge in [0.25, 0.3) is 5.91 Å². The molecular formula is C20H18N2O3. The maximum atomic E-state index is 12.6. The van der Waals surface area contributed by atoms with Crippen LogP contribution in [0.5, 0.6) is 0 Å². The Morgan fingerprint density at radius 1 is 1.08 bits per heavy atom. The largest absolute Gasteiger partial charge is 0.480 e. The van der Waals surface area contributed by atoms with E-state index in [1.807, 2.05) is 43.3 Å². The van der Waals surface area contributed by atoms with Gasteiger partial charge in [0.1, 0.15) is 6.04 Å². The number of carbonyl (C=O) groups excluding carboxylic acids is 1. The summed E-state index contributed by atoms with van der Waals surface area (Å²) >= 11 is 0. The average molecular weight is 334 g/mol. The van der Waals surface area contributed by atoms with Gasteiger partial charge in [-0.2, -0.15) is 0 Å². The fourth-order valence-electron chi connectivity index (χ4n) is 2.78. The van der Waals surface area contributed by atoms with Crippen molar-refractivity contribution in [2.24, 2.45) is 0 Å². The minimum absolute atomic E-state index is 0.228. The number of benzene rings is 2. The van der Waals surface area contributed by atoms with Crippen molar-refractivity contribution in [3.05, 3.63) is 77.5 Å². The number of pyridine rings is 1. The van der Waals surface area contributed by atoms with Crippen LogP contribution in [0.2, 0.25) is 0 Å². The van der Waals surface area contributed by atoms with Gasteiger partial charge in [0, 0.05) is 18.0 Å². The Morgan fingerprint density at radius 3 is 2.60 bits per heavy atom. The Labute approximate surface area is 145 Å². The van der Waals surface area contributed by atoms with Crippen LogP contribution in [-0.4, -0.2) is 28.0 Å². The van der Waals surface area contributed by atoms with Crippen molar-refractivity contribution < 1.29 is 14.7 Å². The summed E-state index contributed by atoms with van der Waals surface area (Å²) in [6, 6.07) is 15.5. The first kappa shape index (κ1) is 16.6. The Kier molecular flexibility index (Phi) is 4.75. The van der Waals surface area contributed by atoms with Gasteiger partial charge in [-0.3, -0.25) is 9.78 Å². The highest BCUT2D eigenvalue weighted by Crippen LogP contribution is 2.16. The van der Waals surface area contributed by atoms with E-state index >= 15 is 0 Å². The molecule has 0 radical (unpaired) electrons. The lowest BCUT2D eigenvalue weighted by molar-refractivity contribution is -0.139. The molecule has 0 bridgehead atoms. The first-order valence-corrected chi connectivity index (χ1v) is 7.98. The number of para-hydroxylation sites is 1. The molecule has 3 rings (SSSR count). The molecule has 1 atom stereocenters. The van der Waals surface area contributed by atoms with Gasteiger partial charge in [-0.05, 0) is 30.2 Å². The zero-order chi connectivity index (χ0) is 17.8. The summed E-state index contributed by atoms with van der Waals surface area (Å²) < 4.78 is 0. The molecule has 3 aromatic rings. The molecular weight excluding hydrogens is 316 g/mol. The number of hydrogen-bond acceptors (Lipinski definition) is 3. The highest BCUT2D eigenvalue weighted by molar-refractivity contribution is 6.06. The summed E-state index contributed by atoms with van der Waals surface area (Å²) in [7, 11) is 0. The van der Waals surface area contributed by atoms with Gasteiger partial charge in [0.05, 0.1) is 11.1 Å². The topological polar surface area (TPSA) is 79.3 Å². The lowest BCUT2D eigenvalue weighted by atomic mass is 10.0. The maximum Gasteiger partial charge on any atom is 0.326 e. The standard InChI is InChI=1S/C20H18N2O3/c1-13-6-2-3-7-15(13)12-17(20(24)25)22-19(23)16-10-4-8-14-9-5-11-21-18(14)16/h2-11,17H,12H2,1H3,(H,22,23)(H,24,25)/t17-/m0/s1. The van der Waals surface area contributed by atoms with Crippen molar-refractivity contribution in [3.63, 3.8) is 0 Å². The van der Waals surface area contributed by atoms with Crippen molar-refractivity contribution in [2.75, 3.05) is 0 Å². The average Bonchev–Trinajstić information content (AvgIpc) is 2.62. The minimum Gasteiger partial charge on any atom is -0.480 e. The lowest BCUT2D eigenvalue weighted by Crippen LogP contribution is -2.42. The van der Waals surface area contributed by atoms with Crippen molar-refractivity contribution in [1.29, 1.82) is 0 Å². The molecule has 0 aliphatic rings. The molecule has 0 aliphatic carbocycles. The minimum atomic E-state index is -1.07. The van der Waals surface area contributed by atoms with Crippen molar-refractivity contribution in [3.8, 4) is 0 Å². The van der Waals surface area contributed by atoms with Crippen molar-refractivity contribution in [2.45, 2.75) is 19.4 Å². The monoisotopic (exact) mass is 334 g/mol. The van der Waals surface area contributed by atoms with Gasteiger partial charge in [-0.1, -0.05) is 42.5 Å². The van der Waals surface area contributed by atoms with Crippen molar-refractivity contribution in [1.82, 2.24) is 10.3 Å². The molecule has 25 heavy (non-hydrogen) atoms. The van der Waals surface area contributed by atoms with E-state index in [0.717, 1.165) is 16.5 Å². The lowest BCUT2D eigenvalue weighted by Gasteiger charge is -2.16. The summed E-state index contributed by atoms with van der Waals surface area (Å²) in [6.07, 6.45) is 1.84. The van der Waals surface area contributed by atoms with Crippen LogP contribution in [0.3, 0.4) is 0 Å². The third-order valence-electron chi connectivity index (χ3n) is 4.17. The SMILES string of the molecule is Cc1ccccc1C[C@H](NC(=O)c1cccc2cccnc12)C(=O)O. The maximum absolute atomic E-state index is 12.6. The molecule has 0 saturated heterocycles.